The van der Waals surface area contributed by atoms with Crippen LogP contribution in [0.1, 0.15) is 25.0 Å². The Labute approximate surface area is 253 Å². The lowest BCUT2D eigenvalue weighted by atomic mass is 10.0. The van der Waals surface area contributed by atoms with E-state index in [-0.39, 0.29) is 5.56 Å². The molecule has 0 bridgehead atoms. The molecular formula is C34H31N5O3S. The van der Waals surface area contributed by atoms with Crippen LogP contribution in [0.5, 0.6) is 11.5 Å². The Morgan fingerprint density at radius 1 is 0.977 bits per heavy atom. The number of thiazole rings is 1. The van der Waals surface area contributed by atoms with E-state index in [4.69, 9.17) is 14.6 Å². The number of hydrogen-bond acceptors (Lipinski definition) is 7. The van der Waals surface area contributed by atoms with Crippen LogP contribution in [0, 0.1) is 12.8 Å². The fourth-order valence-electron chi connectivity index (χ4n) is 4.60. The van der Waals surface area contributed by atoms with Crippen molar-refractivity contribution >= 4 is 22.4 Å². The summed E-state index contributed by atoms with van der Waals surface area (Å²) in [5.41, 5.74) is 5.04. The molecule has 216 valence electrons. The van der Waals surface area contributed by atoms with Gasteiger partial charge >= 0.3 is 0 Å². The summed E-state index contributed by atoms with van der Waals surface area (Å²) < 4.78 is 15.3. The number of benzene rings is 3. The summed E-state index contributed by atoms with van der Waals surface area (Å²) in [6.07, 6.45) is 5.51. The summed E-state index contributed by atoms with van der Waals surface area (Å²) in [7, 11) is 0. The number of ether oxygens (including phenoxy) is 2. The summed E-state index contributed by atoms with van der Waals surface area (Å²) in [5, 5.41) is 9.45. The molecular weight excluding hydrogens is 558 g/mol. The monoisotopic (exact) mass is 589 g/mol. The molecule has 0 atom stereocenters. The Morgan fingerprint density at radius 3 is 2.44 bits per heavy atom. The van der Waals surface area contributed by atoms with E-state index in [1.807, 2.05) is 90.6 Å². The lowest BCUT2D eigenvalue weighted by Gasteiger charge is -2.12. The van der Waals surface area contributed by atoms with E-state index in [1.54, 1.807) is 6.08 Å². The van der Waals surface area contributed by atoms with Gasteiger partial charge in [0.05, 0.1) is 16.8 Å². The number of hydrogen-bond donors (Lipinski definition) is 0. The minimum absolute atomic E-state index is 0.225. The second kappa shape index (κ2) is 12.1. The minimum atomic E-state index is -0.225. The van der Waals surface area contributed by atoms with Gasteiger partial charge in [-0.15, -0.1) is 5.10 Å². The lowest BCUT2D eigenvalue weighted by molar-refractivity contribution is 0.269. The molecule has 0 aliphatic carbocycles. The van der Waals surface area contributed by atoms with Gasteiger partial charge in [0.2, 0.25) is 4.96 Å². The fraction of sp³-hybridized carbons (Fsp3) is 0.176. The smallest absolute Gasteiger partial charge is 0.291 e. The third-order valence-corrected chi connectivity index (χ3v) is 7.69. The average molecular weight is 590 g/mol. The second-order valence-corrected chi connectivity index (χ2v) is 11.6. The molecule has 0 N–H and O–H groups in total. The molecule has 3 aromatic carbocycles. The summed E-state index contributed by atoms with van der Waals surface area (Å²) in [6.45, 7) is 11.0. The zero-order valence-electron chi connectivity index (χ0n) is 24.2. The van der Waals surface area contributed by atoms with E-state index in [0.29, 0.717) is 34.4 Å². The number of fused-ring (bicyclic) bond motifs is 1. The number of rotatable bonds is 10. The highest BCUT2D eigenvalue weighted by Gasteiger charge is 2.16. The van der Waals surface area contributed by atoms with Crippen LogP contribution in [0.15, 0.2) is 96.4 Å². The van der Waals surface area contributed by atoms with Crippen LogP contribution < -0.4 is 19.6 Å². The average Bonchev–Trinajstić information content (AvgIpc) is 3.71. The van der Waals surface area contributed by atoms with Crippen molar-refractivity contribution in [2.24, 2.45) is 5.92 Å². The van der Waals surface area contributed by atoms with Gasteiger partial charge in [0.25, 0.3) is 5.56 Å². The molecule has 0 aliphatic heterocycles. The molecule has 0 spiro atoms. The molecule has 3 aromatic heterocycles. The first-order valence-electron chi connectivity index (χ1n) is 14.0. The SMILES string of the molecule is C=CCOc1ccc(-c2nc3s/c(=C\c4cn(-c5ccccc5)nc4-c4ccc(OCC(C)C)c(C)c4)c(=O)n3n2)cc1. The number of aromatic nitrogens is 5. The van der Waals surface area contributed by atoms with Crippen molar-refractivity contribution in [3.05, 3.63) is 118 Å². The van der Waals surface area contributed by atoms with Gasteiger partial charge in [0, 0.05) is 22.9 Å². The van der Waals surface area contributed by atoms with Crippen LogP contribution in [0.3, 0.4) is 0 Å². The third kappa shape index (κ3) is 5.98. The van der Waals surface area contributed by atoms with Gasteiger partial charge in [-0.1, -0.05) is 56.0 Å². The van der Waals surface area contributed by atoms with Gasteiger partial charge in [-0.05, 0) is 79.1 Å². The summed E-state index contributed by atoms with van der Waals surface area (Å²) in [4.78, 5) is 18.6. The Balaban J connectivity index is 1.38. The Bertz CT molecular complexity index is 2010. The van der Waals surface area contributed by atoms with Gasteiger partial charge < -0.3 is 9.47 Å². The van der Waals surface area contributed by atoms with Crippen LogP contribution in [0.2, 0.25) is 0 Å². The van der Waals surface area contributed by atoms with Crippen molar-refractivity contribution in [2.75, 3.05) is 13.2 Å². The molecule has 0 radical (unpaired) electrons. The van der Waals surface area contributed by atoms with E-state index in [2.05, 4.69) is 36.6 Å². The van der Waals surface area contributed by atoms with Crippen molar-refractivity contribution in [3.8, 4) is 39.8 Å². The molecule has 43 heavy (non-hydrogen) atoms. The largest absolute Gasteiger partial charge is 0.493 e. The molecule has 3 heterocycles. The maximum absolute atomic E-state index is 13.5. The topological polar surface area (TPSA) is 83.5 Å². The van der Waals surface area contributed by atoms with E-state index in [9.17, 15) is 4.79 Å². The fourth-order valence-corrected chi connectivity index (χ4v) is 5.50. The molecule has 6 rings (SSSR count). The maximum Gasteiger partial charge on any atom is 0.291 e. The molecule has 0 saturated carbocycles. The molecule has 0 saturated heterocycles. The molecule has 0 amide bonds. The van der Waals surface area contributed by atoms with E-state index in [0.717, 1.165) is 45.1 Å². The molecule has 8 nitrogen and oxygen atoms in total. The highest BCUT2D eigenvalue weighted by atomic mass is 32.1. The van der Waals surface area contributed by atoms with Crippen molar-refractivity contribution in [3.63, 3.8) is 0 Å². The first-order chi connectivity index (χ1) is 20.9. The van der Waals surface area contributed by atoms with Gasteiger partial charge in [-0.25, -0.2) is 4.68 Å². The van der Waals surface area contributed by atoms with Crippen LogP contribution in [0.4, 0.5) is 0 Å². The van der Waals surface area contributed by atoms with Crippen molar-refractivity contribution < 1.29 is 9.47 Å². The van der Waals surface area contributed by atoms with Gasteiger partial charge in [0.15, 0.2) is 5.82 Å². The van der Waals surface area contributed by atoms with Gasteiger partial charge in [-0.3, -0.25) is 4.79 Å². The van der Waals surface area contributed by atoms with Crippen LogP contribution in [-0.2, 0) is 0 Å². The standard InChI is InChI=1S/C34H31N5O3S/c1-5-17-41-28-14-11-24(12-15-28)32-35-34-39(37-32)33(40)30(43-34)19-26-20-38(27-9-7-6-8-10-27)36-31(26)25-13-16-29(23(4)18-25)42-21-22(2)3/h5-16,18-20,22H,1,17,21H2,2-4H3/b30-19-. The second-order valence-electron chi connectivity index (χ2n) is 10.6. The normalized spacial score (nSPS) is 11.9. The van der Waals surface area contributed by atoms with Gasteiger partial charge in [0.1, 0.15) is 23.8 Å². The quantitative estimate of drug-likeness (QED) is 0.179. The molecule has 6 aromatic rings. The van der Waals surface area contributed by atoms with E-state index < -0.39 is 0 Å². The van der Waals surface area contributed by atoms with E-state index in [1.165, 1.54) is 15.9 Å². The summed E-state index contributed by atoms with van der Waals surface area (Å²) in [5.74, 6) is 2.50. The van der Waals surface area contributed by atoms with Crippen molar-refractivity contribution in [1.82, 2.24) is 24.4 Å². The zero-order valence-corrected chi connectivity index (χ0v) is 25.0. The van der Waals surface area contributed by atoms with Gasteiger partial charge in [-0.2, -0.15) is 14.6 Å². The molecule has 0 aliphatic rings. The first-order valence-corrected chi connectivity index (χ1v) is 14.9. The first kappa shape index (κ1) is 28.1. The maximum atomic E-state index is 13.5. The highest BCUT2D eigenvalue weighted by Crippen LogP contribution is 2.29. The summed E-state index contributed by atoms with van der Waals surface area (Å²) in [6, 6.07) is 23.4. The molecule has 0 fully saturated rings. The predicted molar refractivity (Wildman–Crippen MR) is 171 cm³/mol. The number of nitrogens with zero attached hydrogens (tertiary/aromatic N) is 5. The van der Waals surface area contributed by atoms with Crippen LogP contribution >= 0.6 is 11.3 Å². The molecule has 0 unspecified atom stereocenters. The number of aryl methyl sites for hydroxylation is 1. The molecule has 9 heteroatoms. The highest BCUT2D eigenvalue weighted by molar-refractivity contribution is 7.15. The Kier molecular flexibility index (Phi) is 7.89. The van der Waals surface area contributed by atoms with Crippen molar-refractivity contribution in [1.29, 1.82) is 0 Å². The number of para-hydroxylation sites is 1. The zero-order chi connectivity index (χ0) is 29.9. The summed E-state index contributed by atoms with van der Waals surface area (Å²) >= 11 is 1.30. The third-order valence-electron chi connectivity index (χ3n) is 6.73. The minimum Gasteiger partial charge on any atom is -0.493 e. The predicted octanol–water partition coefficient (Wildman–Crippen LogP) is 6.13. The van der Waals surface area contributed by atoms with Crippen LogP contribution in [-0.4, -0.2) is 37.6 Å². The van der Waals surface area contributed by atoms with E-state index >= 15 is 0 Å². The van der Waals surface area contributed by atoms with Crippen molar-refractivity contribution in [2.45, 2.75) is 20.8 Å². The lowest BCUT2D eigenvalue weighted by Crippen LogP contribution is -2.23. The van der Waals surface area contributed by atoms with Crippen LogP contribution in [0.25, 0.3) is 39.4 Å². The Morgan fingerprint density at radius 2 is 1.74 bits per heavy atom. The Hall–Kier alpha value is -5.02.